The van der Waals surface area contributed by atoms with Crippen LogP contribution in [0.4, 0.5) is 10.2 Å². The van der Waals surface area contributed by atoms with E-state index in [4.69, 9.17) is 0 Å². The Bertz CT molecular complexity index is 920. The number of nitrogens with one attached hydrogen (secondary N) is 1. The fraction of sp³-hybridized carbons (Fsp3) is 0.278. The molecule has 1 aromatic carbocycles. The minimum atomic E-state index is -0.270. The van der Waals surface area contributed by atoms with E-state index in [0.29, 0.717) is 11.9 Å². The second-order valence-corrected chi connectivity index (χ2v) is 7.09. The third kappa shape index (κ3) is 3.32. The lowest BCUT2D eigenvalue weighted by molar-refractivity contribution is -0.119. The molecule has 4 rings (SSSR count). The highest BCUT2D eigenvalue weighted by atomic mass is 32.1. The van der Waals surface area contributed by atoms with Crippen LogP contribution < -0.4 is 10.2 Å². The SMILES string of the molecule is CN(CC(=O)NC1CC1)c1ncnc2scc(-c3ccc(F)cc3)c12. The Morgan fingerprint density at radius 2 is 2.08 bits per heavy atom. The molecule has 1 aliphatic carbocycles. The van der Waals surface area contributed by atoms with Gasteiger partial charge in [-0.1, -0.05) is 12.1 Å². The maximum atomic E-state index is 13.2. The molecule has 7 heteroatoms. The molecule has 1 fully saturated rings. The van der Waals surface area contributed by atoms with Gasteiger partial charge in [-0.25, -0.2) is 14.4 Å². The van der Waals surface area contributed by atoms with E-state index in [1.165, 1.54) is 29.8 Å². The Kier molecular flexibility index (Phi) is 4.09. The molecule has 3 aromatic rings. The monoisotopic (exact) mass is 356 g/mol. The Hall–Kier alpha value is -2.54. The summed E-state index contributed by atoms with van der Waals surface area (Å²) in [5, 5.41) is 5.87. The first kappa shape index (κ1) is 16.0. The van der Waals surface area contributed by atoms with E-state index in [-0.39, 0.29) is 18.3 Å². The Morgan fingerprint density at radius 1 is 1.32 bits per heavy atom. The van der Waals surface area contributed by atoms with Gasteiger partial charge in [0.05, 0.1) is 11.9 Å². The Morgan fingerprint density at radius 3 is 2.80 bits per heavy atom. The molecule has 1 N–H and O–H groups in total. The molecule has 0 saturated heterocycles. The van der Waals surface area contributed by atoms with Crippen LogP contribution in [0.2, 0.25) is 0 Å². The van der Waals surface area contributed by atoms with Gasteiger partial charge in [0.25, 0.3) is 0 Å². The van der Waals surface area contributed by atoms with Crippen molar-refractivity contribution in [1.29, 1.82) is 0 Å². The fourth-order valence-electron chi connectivity index (χ4n) is 2.78. The summed E-state index contributed by atoms with van der Waals surface area (Å²) in [5.41, 5.74) is 1.85. The number of amides is 1. The normalized spacial score (nSPS) is 13.8. The van der Waals surface area contributed by atoms with E-state index < -0.39 is 0 Å². The second-order valence-electron chi connectivity index (χ2n) is 6.23. The minimum absolute atomic E-state index is 0.00433. The highest BCUT2D eigenvalue weighted by Crippen LogP contribution is 2.37. The van der Waals surface area contributed by atoms with Crippen molar-refractivity contribution in [3.8, 4) is 11.1 Å². The summed E-state index contributed by atoms with van der Waals surface area (Å²) in [5.74, 6) is 0.431. The zero-order valence-corrected chi connectivity index (χ0v) is 14.5. The molecule has 128 valence electrons. The number of carbonyl (C=O) groups is 1. The quantitative estimate of drug-likeness (QED) is 0.763. The average Bonchev–Trinajstić information content (AvgIpc) is 3.30. The van der Waals surface area contributed by atoms with E-state index in [0.717, 1.165) is 34.2 Å². The van der Waals surface area contributed by atoms with Gasteiger partial charge in [0.1, 0.15) is 22.8 Å². The highest BCUT2D eigenvalue weighted by Gasteiger charge is 2.24. The van der Waals surface area contributed by atoms with Gasteiger partial charge in [-0.05, 0) is 30.5 Å². The molecule has 0 radical (unpaired) electrons. The van der Waals surface area contributed by atoms with Gasteiger partial charge in [-0.2, -0.15) is 0 Å². The van der Waals surface area contributed by atoms with Crippen LogP contribution in [0.25, 0.3) is 21.3 Å². The summed E-state index contributed by atoms with van der Waals surface area (Å²) in [6.45, 7) is 0.237. The lowest BCUT2D eigenvalue weighted by Gasteiger charge is -2.19. The molecule has 1 saturated carbocycles. The Balaban J connectivity index is 1.69. The zero-order chi connectivity index (χ0) is 17.4. The van der Waals surface area contributed by atoms with Gasteiger partial charge in [0, 0.05) is 24.0 Å². The number of likely N-dealkylation sites (N-methyl/N-ethyl adjacent to an activating group) is 1. The number of thiophene rings is 1. The van der Waals surface area contributed by atoms with Crippen LogP contribution in [0, 0.1) is 5.82 Å². The smallest absolute Gasteiger partial charge is 0.239 e. The number of nitrogens with zero attached hydrogens (tertiary/aromatic N) is 3. The van der Waals surface area contributed by atoms with E-state index >= 15 is 0 Å². The number of hydrogen-bond acceptors (Lipinski definition) is 5. The van der Waals surface area contributed by atoms with Gasteiger partial charge in [-0.3, -0.25) is 4.79 Å². The van der Waals surface area contributed by atoms with Gasteiger partial charge in [0.15, 0.2) is 0 Å². The molecular formula is C18H17FN4OS. The molecular weight excluding hydrogens is 339 g/mol. The first-order valence-corrected chi connectivity index (χ1v) is 8.98. The number of fused-ring (bicyclic) bond motifs is 1. The van der Waals surface area contributed by atoms with Gasteiger partial charge in [-0.15, -0.1) is 11.3 Å². The number of rotatable bonds is 5. The third-order valence-corrected chi connectivity index (χ3v) is 5.08. The lowest BCUT2D eigenvalue weighted by atomic mass is 10.1. The number of anilines is 1. The molecule has 25 heavy (non-hydrogen) atoms. The van der Waals surface area contributed by atoms with E-state index in [1.54, 1.807) is 12.1 Å². The van der Waals surface area contributed by atoms with Crippen LogP contribution in [-0.2, 0) is 4.79 Å². The minimum Gasteiger partial charge on any atom is -0.352 e. The number of benzene rings is 1. The molecule has 0 spiro atoms. The fourth-order valence-corrected chi connectivity index (χ4v) is 3.69. The topological polar surface area (TPSA) is 58.1 Å². The number of halogens is 1. The van der Waals surface area contributed by atoms with Gasteiger partial charge in [0.2, 0.25) is 5.91 Å². The lowest BCUT2D eigenvalue weighted by Crippen LogP contribution is -2.36. The molecule has 5 nitrogen and oxygen atoms in total. The van der Waals surface area contributed by atoms with Crippen molar-refractivity contribution < 1.29 is 9.18 Å². The van der Waals surface area contributed by atoms with Crippen LogP contribution >= 0.6 is 11.3 Å². The summed E-state index contributed by atoms with van der Waals surface area (Å²) in [6.07, 6.45) is 3.64. The van der Waals surface area contributed by atoms with Crippen molar-refractivity contribution in [2.45, 2.75) is 18.9 Å². The Labute approximate surface area is 148 Å². The van der Waals surface area contributed by atoms with E-state index in [2.05, 4.69) is 15.3 Å². The molecule has 0 unspecified atom stereocenters. The summed E-state index contributed by atoms with van der Waals surface area (Å²) in [6, 6.07) is 6.70. The van der Waals surface area contributed by atoms with Gasteiger partial charge < -0.3 is 10.2 Å². The largest absolute Gasteiger partial charge is 0.352 e. The van der Waals surface area contributed by atoms with Crippen LogP contribution in [-0.4, -0.2) is 35.5 Å². The molecule has 0 atom stereocenters. The van der Waals surface area contributed by atoms with Crippen LogP contribution in [0.5, 0.6) is 0 Å². The predicted octanol–water partition coefficient (Wildman–Crippen LogP) is 3.21. The molecule has 0 aliphatic heterocycles. The first-order chi connectivity index (χ1) is 12.1. The maximum Gasteiger partial charge on any atom is 0.239 e. The second kappa shape index (κ2) is 6.40. The van der Waals surface area contributed by atoms with Crippen LogP contribution in [0.1, 0.15) is 12.8 Å². The molecule has 2 aromatic heterocycles. The zero-order valence-electron chi connectivity index (χ0n) is 13.7. The summed E-state index contributed by atoms with van der Waals surface area (Å²) >= 11 is 1.51. The highest BCUT2D eigenvalue weighted by molar-refractivity contribution is 7.17. The maximum absolute atomic E-state index is 13.2. The molecule has 1 aliphatic rings. The van der Waals surface area contributed by atoms with Crippen molar-refractivity contribution in [2.24, 2.45) is 0 Å². The summed E-state index contributed by atoms with van der Waals surface area (Å²) in [7, 11) is 1.85. The van der Waals surface area contributed by atoms with Crippen molar-refractivity contribution in [2.75, 3.05) is 18.5 Å². The van der Waals surface area contributed by atoms with Crippen molar-refractivity contribution in [3.63, 3.8) is 0 Å². The summed E-state index contributed by atoms with van der Waals surface area (Å²) in [4.78, 5) is 23.5. The van der Waals surface area contributed by atoms with Crippen molar-refractivity contribution in [3.05, 3.63) is 41.8 Å². The summed E-state index contributed by atoms with van der Waals surface area (Å²) < 4.78 is 13.2. The number of carbonyl (C=O) groups excluding carboxylic acids is 1. The van der Waals surface area contributed by atoms with Crippen LogP contribution in [0.3, 0.4) is 0 Å². The first-order valence-electron chi connectivity index (χ1n) is 8.10. The number of hydrogen-bond donors (Lipinski definition) is 1. The van der Waals surface area contributed by atoms with Gasteiger partial charge >= 0.3 is 0 Å². The number of aromatic nitrogens is 2. The standard InChI is InChI=1S/C18H17FN4OS/c1-23(8-15(24)22-13-6-7-13)17-16-14(9-25-18(16)21-10-20-17)11-2-4-12(19)5-3-11/h2-5,9-10,13H,6-8H2,1H3,(H,22,24). The van der Waals surface area contributed by atoms with Crippen LogP contribution in [0.15, 0.2) is 36.0 Å². The third-order valence-electron chi connectivity index (χ3n) is 4.19. The van der Waals surface area contributed by atoms with E-state index in [1.807, 2.05) is 17.3 Å². The predicted molar refractivity (Wildman–Crippen MR) is 97.2 cm³/mol. The van der Waals surface area contributed by atoms with Crippen molar-refractivity contribution >= 4 is 33.3 Å². The van der Waals surface area contributed by atoms with Crippen molar-refractivity contribution in [1.82, 2.24) is 15.3 Å². The molecule has 1 amide bonds. The van der Waals surface area contributed by atoms with E-state index in [9.17, 15) is 9.18 Å². The average molecular weight is 356 g/mol. The molecule has 0 bridgehead atoms. The molecule has 2 heterocycles.